The molecule has 0 unspecified atom stereocenters. The second-order valence-electron chi connectivity index (χ2n) is 5.26. The molecule has 1 fully saturated rings. The standard InChI is InChI=1S/C16H18FN3O2/c17-15-11(10-21)2-1-3-14(15)12-8-19-16(20-9-12)22-13-4-6-18-7-5-13/h1-3,8-9,13,18,21H,4-7,10H2. The minimum atomic E-state index is -0.444. The molecular weight excluding hydrogens is 285 g/mol. The van der Waals surface area contributed by atoms with Crippen LogP contribution in [0.4, 0.5) is 4.39 Å². The van der Waals surface area contributed by atoms with Gasteiger partial charge in [-0.3, -0.25) is 0 Å². The maximum Gasteiger partial charge on any atom is 0.316 e. The van der Waals surface area contributed by atoms with Crippen LogP contribution in [0.25, 0.3) is 11.1 Å². The lowest BCUT2D eigenvalue weighted by molar-refractivity contribution is 0.149. The average Bonchev–Trinajstić information content (AvgIpc) is 2.57. The minimum absolute atomic E-state index is 0.126. The second kappa shape index (κ2) is 6.81. The Kier molecular flexibility index (Phi) is 4.60. The minimum Gasteiger partial charge on any atom is -0.460 e. The van der Waals surface area contributed by atoms with E-state index in [1.807, 2.05) is 0 Å². The summed E-state index contributed by atoms with van der Waals surface area (Å²) in [5.41, 5.74) is 1.19. The van der Waals surface area contributed by atoms with E-state index in [0.29, 0.717) is 17.1 Å². The fraction of sp³-hybridized carbons (Fsp3) is 0.375. The fourth-order valence-electron chi connectivity index (χ4n) is 2.50. The van der Waals surface area contributed by atoms with E-state index in [1.54, 1.807) is 30.6 Å². The molecule has 1 saturated heterocycles. The molecule has 0 aliphatic carbocycles. The summed E-state index contributed by atoms with van der Waals surface area (Å²) in [6.45, 7) is 1.53. The average molecular weight is 303 g/mol. The Bertz CT molecular complexity index is 628. The number of ether oxygens (including phenoxy) is 1. The van der Waals surface area contributed by atoms with Gasteiger partial charge in [-0.25, -0.2) is 14.4 Å². The number of hydrogen-bond donors (Lipinski definition) is 2. The summed E-state index contributed by atoms with van der Waals surface area (Å²) in [6.07, 6.45) is 5.07. The lowest BCUT2D eigenvalue weighted by Crippen LogP contribution is -2.34. The Morgan fingerprint density at radius 3 is 2.64 bits per heavy atom. The first-order valence-electron chi connectivity index (χ1n) is 7.36. The first kappa shape index (κ1) is 14.9. The van der Waals surface area contributed by atoms with Gasteiger partial charge in [-0.1, -0.05) is 18.2 Å². The fourth-order valence-corrected chi connectivity index (χ4v) is 2.50. The summed E-state index contributed by atoms with van der Waals surface area (Å²) >= 11 is 0. The summed E-state index contributed by atoms with van der Waals surface area (Å²) in [7, 11) is 0. The topological polar surface area (TPSA) is 67.3 Å². The lowest BCUT2D eigenvalue weighted by Gasteiger charge is -2.22. The Labute approximate surface area is 128 Å². The highest BCUT2D eigenvalue weighted by Crippen LogP contribution is 2.25. The zero-order chi connectivity index (χ0) is 15.4. The van der Waals surface area contributed by atoms with E-state index >= 15 is 0 Å². The summed E-state index contributed by atoms with van der Waals surface area (Å²) in [4.78, 5) is 8.33. The van der Waals surface area contributed by atoms with Crippen LogP contribution in [0, 0.1) is 5.82 Å². The van der Waals surface area contributed by atoms with E-state index in [0.717, 1.165) is 25.9 Å². The summed E-state index contributed by atoms with van der Waals surface area (Å²) < 4.78 is 19.9. The van der Waals surface area contributed by atoms with Gasteiger partial charge < -0.3 is 15.2 Å². The second-order valence-corrected chi connectivity index (χ2v) is 5.26. The van der Waals surface area contributed by atoms with Crippen molar-refractivity contribution in [3.05, 3.63) is 42.0 Å². The zero-order valence-corrected chi connectivity index (χ0v) is 12.1. The van der Waals surface area contributed by atoms with Gasteiger partial charge in [0.2, 0.25) is 0 Å². The molecule has 116 valence electrons. The van der Waals surface area contributed by atoms with E-state index in [4.69, 9.17) is 9.84 Å². The normalized spacial score (nSPS) is 15.7. The number of aliphatic hydroxyl groups is 1. The van der Waals surface area contributed by atoms with E-state index in [2.05, 4.69) is 15.3 Å². The molecule has 1 aliphatic heterocycles. The number of benzene rings is 1. The number of halogens is 1. The molecule has 0 amide bonds. The molecule has 0 radical (unpaired) electrons. The third-order valence-corrected chi connectivity index (χ3v) is 3.75. The SMILES string of the molecule is OCc1cccc(-c2cnc(OC3CCNCC3)nc2)c1F. The highest BCUT2D eigenvalue weighted by atomic mass is 19.1. The van der Waals surface area contributed by atoms with Gasteiger partial charge in [-0.2, -0.15) is 0 Å². The van der Waals surface area contributed by atoms with Gasteiger partial charge in [0, 0.05) is 29.1 Å². The Hall–Kier alpha value is -2.05. The number of aromatic nitrogens is 2. The molecule has 0 spiro atoms. The number of piperidine rings is 1. The van der Waals surface area contributed by atoms with Crippen LogP contribution >= 0.6 is 0 Å². The van der Waals surface area contributed by atoms with Crippen LogP contribution in [-0.2, 0) is 6.61 Å². The molecule has 5 nitrogen and oxygen atoms in total. The first-order chi connectivity index (χ1) is 10.8. The summed E-state index contributed by atoms with van der Waals surface area (Å²) in [5.74, 6) is -0.444. The number of hydrogen-bond acceptors (Lipinski definition) is 5. The first-order valence-corrected chi connectivity index (χ1v) is 7.36. The van der Waals surface area contributed by atoms with Crippen molar-refractivity contribution in [2.75, 3.05) is 13.1 Å². The highest BCUT2D eigenvalue weighted by molar-refractivity contribution is 5.63. The Morgan fingerprint density at radius 2 is 1.95 bits per heavy atom. The molecule has 22 heavy (non-hydrogen) atoms. The van der Waals surface area contributed by atoms with E-state index in [-0.39, 0.29) is 18.3 Å². The van der Waals surface area contributed by atoms with Gasteiger partial charge in [-0.15, -0.1) is 0 Å². The van der Waals surface area contributed by atoms with Crippen LogP contribution in [0.15, 0.2) is 30.6 Å². The smallest absolute Gasteiger partial charge is 0.316 e. The van der Waals surface area contributed by atoms with Crippen molar-refractivity contribution in [1.29, 1.82) is 0 Å². The molecule has 1 aliphatic rings. The van der Waals surface area contributed by atoms with E-state index in [1.165, 1.54) is 0 Å². The predicted octanol–water partition coefficient (Wildman–Crippen LogP) is 1.91. The van der Waals surface area contributed by atoms with Gasteiger partial charge in [0.1, 0.15) is 11.9 Å². The monoisotopic (exact) mass is 303 g/mol. The Morgan fingerprint density at radius 1 is 1.23 bits per heavy atom. The lowest BCUT2D eigenvalue weighted by atomic mass is 10.1. The molecule has 6 heteroatoms. The highest BCUT2D eigenvalue weighted by Gasteiger charge is 2.16. The van der Waals surface area contributed by atoms with Crippen LogP contribution in [0.5, 0.6) is 6.01 Å². The van der Waals surface area contributed by atoms with Crippen molar-refractivity contribution in [2.45, 2.75) is 25.6 Å². The van der Waals surface area contributed by atoms with Crippen LogP contribution in [0.3, 0.4) is 0 Å². The molecule has 2 heterocycles. The van der Waals surface area contributed by atoms with Crippen molar-refractivity contribution in [3.63, 3.8) is 0 Å². The third kappa shape index (κ3) is 3.23. The Balaban J connectivity index is 1.76. The molecule has 3 rings (SSSR count). The molecule has 1 aromatic heterocycles. The van der Waals surface area contributed by atoms with Gasteiger partial charge >= 0.3 is 6.01 Å². The van der Waals surface area contributed by atoms with Crippen LogP contribution in [0.2, 0.25) is 0 Å². The van der Waals surface area contributed by atoms with Crippen molar-refractivity contribution >= 4 is 0 Å². The van der Waals surface area contributed by atoms with E-state index < -0.39 is 5.82 Å². The number of nitrogens with zero attached hydrogens (tertiary/aromatic N) is 2. The van der Waals surface area contributed by atoms with Crippen molar-refractivity contribution < 1.29 is 14.2 Å². The molecular formula is C16H18FN3O2. The van der Waals surface area contributed by atoms with Gasteiger partial charge in [0.05, 0.1) is 6.61 Å². The van der Waals surface area contributed by atoms with Gasteiger partial charge in [0.25, 0.3) is 0 Å². The number of nitrogens with one attached hydrogen (secondary N) is 1. The predicted molar refractivity (Wildman–Crippen MR) is 79.9 cm³/mol. The molecule has 2 N–H and O–H groups in total. The molecule has 0 saturated carbocycles. The van der Waals surface area contributed by atoms with Crippen LogP contribution in [0.1, 0.15) is 18.4 Å². The third-order valence-electron chi connectivity index (χ3n) is 3.75. The van der Waals surface area contributed by atoms with Crippen molar-refractivity contribution in [3.8, 4) is 17.1 Å². The van der Waals surface area contributed by atoms with Gasteiger partial charge in [0.15, 0.2) is 0 Å². The zero-order valence-electron chi connectivity index (χ0n) is 12.1. The summed E-state index contributed by atoms with van der Waals surface area (Å²) in [6, 6.07) is 5.20. The maximum atomic E-state index is 14.2. The number of rotatable bonds is 4. The van der Waals surface area contributed by atoms with Crippen LogP contribution < -0.4 is 10.1 Å². The molecule has 0 bridgehead atoms. The maximum absolute atomic E-state index is 14.2. The molecule has 1 aromatic carbocycles. The van der Waals surface area contributed by atoms with Gasteiger partial charge in [-0.05, 0) is 25.9 Å². The van der Waals surface area contributed by atoms with Crippen molar-refractivity contribution in [2.24, 2.45) is 0 Å². The largest absolute Gasteiger partial charge is 0.460 e. The molecule has 2 aromatic rings. The summed E-state index contributed by atoms with van der Waals surface area (Å²) in [5, 5.41) is 12.4. The molecule has 0 atom stereocenters. The van der Waals surface area contributed by atoms with Crippen LogP contribution in [-0.4, -0.2) is 34.3 Å². The quantitative estimate of drug-likeness (QED) is 0.903. The van der Waals surface area contributed by atoms with Crippen molar-refractivity contribution in [1.82, 2.24) is 15.3 Å². The van der Waals surface area contributed by atoms with E-state index in [9.17, 15) is 4.39 Å². The number of aliphatic hydroxyl groups excluding tert-OH is 1.